The fourth-order valence-electron chi connectivity index (χ4n) is 7.51. The summed E-state index contributed by atoms with van der Waals surface area (Å²) in [5.41, 5.74) is 3.16. The Morgan fingerprint density at radius 2 is 1.63 bits per heavy atom. The molecule has 2 heterocycles. The number of amides is 3. The summed E-state index contributed by atoms with van der Waals surface area (Å²) in [6.45, 7) is 4.14. The van der Waals surface area contributed by atoms with Gasteiger partial charge in [-0.1, -0.05) is 37.3 Å². The molecule has 2 saturated heterocycles. The predicted octanol–water partition coefficient (Wildman–Crippen LogP) is 4.07. The Morgan fingerprint density at radius 1 is 0.947 bits per heavy atom. The second-order valence-corrected chi connectivity index (χ2v) is 11.4. The van der Waals surface area contributed by atoms with Gasteiger partial charge >= 0.3 is 5.97 Å². The fourth-order valence-corrected chi connectivity index (χ4v) is 7.51. The molecular formula is C31H30N2O5. The highest BCUT2D eigenvalue weighted by Crippen LogP contribution is 2.65. The Labute approximate surface area is 221 Å². The third kappa shape index (κ3) is 3.33. The highest BCUT2D eigenvalue weighted by Gasteiger charge is 2.67. The number of carbonyl (C=O) groups excluding carboxylic acids is 4. The Kier molecular flexibility index (Phi) is 5.16. The molecule has 0 spiro atoms. The molecule has 7 nitrogen and oxygen atoms in total. The summed E-state index contributed by atoms with van der Waals surface area (Å²) < 4.78 is 5.68. The molecule has 4 fully saturated rings. The summed E-state index contributed by atoms with van der Waals surface area (Å²) in [6, 6.07) is 12.8. The fraction of sp³-hybridized carbons (Fsp3) is 0.419. The molecule has 0 aromatic heterocycles. The van der Waals surface area contributed by atoms with E-state index in [9.17, 15) is 19.2 Å². The highest BCUT2D eigenvalue weighted by molar-refractivity contribution is 6.23. The minimum absolute atomic E-state index is 0.0898. The standard InChI is InChI=1S/C31H30N2O5/c1-3-17-6-4-5-7-25(17)32-15-18(13-26(32)34)31(37)38-19-8-11-24(16(2)12-19)33-29(35)27-20-9-10-21(23-14-22(20)23)28(27)30(33)36/h4-12,18,20-23,27-28H,3,13-15H2,1-2H3/t18-,20+,21+,22-,23+,27-,28+/m1/s1. The van der Waals surface area contributed by atoms with Crippen molar-refractivity contribution in [3.8, 4) is 5.75 Å². The van der Waals surface area contributed by atoms with E-state index in [-0.39, 0.29) is 54.4 Å². The van der Waals surface area contributed by atoms with Gasteiger partial charge in [0.1, 0.15) is 5.75 Å². The van der Waals surface area contributed by atoms with Crippen molar-refractivity contribution < 1.29 is 23.9 Å². The SMILES string of the molecule is CCc1ccccc1N1C[C@H](C(=O)Oc2ccc(N3C(=O)[C@@H]4[C@H]5C=C[C@@H]([C@@H]6C[C@H]56)[C@@H]4C3=O)c(C)c2)CC1=O. The molecule has 6 aliphatic rings. The Balaban J connectivity index is 1.07. The van der Waals surface area contributed by atoms with Gasteiger partial charge in [0, 0.05) is 18.7 Å². The van der Waals surface area contributed by atoms with E-state index < -0.39 is 11.9 Å². The smallest absolute Gasteiger partial charge is 0.316 e. The van der Waals surface area contributed by atoms with Crippen LogP contribution in [0.15, 0.2) is 54.6 Å². The molecule has 8 rings (SSSR count). The van der Waals surface area contributed by atoms with Crippen LogP contribution in [0, 0.1) is 48.3 Å². The average Bonchev–Trinajstić information content (AvgIpc) is 3.60. The van der Waals surface area contributed by atoms with Crippen LogP contribution in [0.4, 0.5) is 11.4 Å². The number of ether oxygens (including phenoxy) is 1. The van der Waals surface area contributed by atoms with E-state index in [1.54, 1.807) is 23.1 Å². The van der Waals surface area contributed by atoms with Gasteiger partial charge in [-0.05, 0) is 78.8 Å². The van der Waals surface area contributed by atoms with Crippen LogP contribution in [-0.2, 0) is 25.6 Å². The van der Waals surface area contributed by atoms with Gasteiger partial charge in [-0.25, -0.2) is 4.90 Å². The molecule has 2 bridgehead atoms. The lowest BCUT2D eigenvalue weighted by atomic mass is 9.63. The molecule has 7 heteroatoms. The van der Waals surface area contributed by atoms with E-state index in [1.165, 1.54) is 4.90 Å². The normalized spacial score (nSPS) is 32.6. The average molecular weight is 511 g/mol. The molecule has 194 valence electrons. The molecule has 3 amide bonds. The first-order chi connectivity index (χ1) is 18.4. The third-order valence-corrected chi connectivity index (χ3v) is 9.41. The minimum atomic E-state index is -0.563. The second-order valence-electron chi connectivity index (χ2n) is 11.4. The third-order valence-electron chi connectivity index (χ3n) is 9.41. The van der Waals surface area contributed by atoms with Crippen LogP contribution in [0.5, 0.6) is 5.75 Å². The van der Waals surface area contributed by atoms with E-state index in [4.69, 9.17) is 4.74 Å². The van der Waals surface area contributed by atoms with Gasteiger partial charge in [-0.15, -0.1) is 0 Å². The first-order valence-electron chi connectivity index (χ1n) is 13.6. The van der Waals surface area contributed by atoms with Crippen LogP contribution in [-0.4, -0.2) is 30.2 Å². The zero-order valence-electron chi connectivity index (χ0n) is 21.5. The number of para-hydroxylation sites is 1. The maximum absolute atomic E-state index is 13.5. The number of benzene rings is 2. The van der Waals surface area contributed by atoms with Crippen LogP contribution in [0.25, 0.3) is 0 Å². The monoisotopic (exact) mass is 510 g/mol. The molecule has 2 saturated carbocycles. The lowest BCUT2D eigenvalue weighted by Gasteiger charge is -2.37. The van der Waals surface area contributed by atoms with Gasteiger partial charge in [-0.2, -0.15) is 0 Å². The molecule has 2 aromatic carbocycles. The van der Waals surface area contributed by atoms with Crippen molar-refractivity contribution in [2.75, 3.05) is 16.3 Å². The van der Waals surface area contributed by atoms with E-state index >= 15 is 0 Å². The molecule has 4 aliphatic carbocycles. The van der Waals surface area contributed by atoms with Crippen LogP contribution < -0.4 is 14.5 Å². The highest BCUT2D eigenvalue weighted by atomic mass is 16.5. The summed E-state index contributed by atoms with van der Waals surface area (Å²) in [7, 11) is 0. The number of hydrogen-bond acceptors (Lipinski definition) is 5. The minimum Gasteiger partial charge on any atom is -0.426 e. The lowest BCUT2D eigenvalue weighted by Crippen LogP contribution is -2.40. The number of hydrogen-bond donors (Lipinski definition) is 0. The topological polar surface area (TPSA) is 84.0 Å². The van der Waals surface area contributed by atoms with Gasteiger partial charge in [0.15, 0.2) is 0 Å². The van der Waals surface area contributed by atoms with E-state index in [0.717, 1.165) is 24.1 Å². The van der Waals surface area contributed by atoms with Gasteiger partial charge in [-0.3, -0.25) is 19.2 Å². The van der Waals surface area contributed by atoms with Crippen molar-refractivity contribution >= 4 is 35.1 Å². The van der Waals surface area contributed by atoms with Crippen LogP contribution in [0.1, 0.15) is 30.9 Å². The Hall–Kier alpha value is -3.74. The number of nitrogens with zero attached hydrogens (tertiary/aromatic N) is 2. The van der Waals surface area contributed by atoms with Gasteiger partial charge in [0.25, 0.3) is 0 Å². The maximum Gasteiger partial charge on any atom is 0.316 e. The number of imide groups is 1. The lowest BCUT2D eigenvalue weighted by molar-refractivity contribution is -0.139. The van der Waals surface area contributed by atoms with Gasteiger partial charge < -0.3 is 9.64 Å². The summed E-state index contributed by atoms with van der Waals surface area (Å²) in [5, 5.41) is 0. The molecule has 38 heavy (non-hydrogen) atoms. The molecule has 0 unspecified atom stereocenters. The number of carbonyl (C=O) groups is 4. The maximum atomic E-state index is 13.5. The zero-order chi connectivity index (χ0) is 26.3. The van der Waals surface area contributed by atoms with Crippen molar-refractivity contribution in [1.82, 2.24) is 0 Å². The second kappa shape index (κ2) is 8.38. The summed E-state index contributed by atoms with van der Waals surface area (Å²) >= 11 is 0. The molecule has 7 atom stereocenters. The van der Waals surface area contributed by atoms with E-state index in [1.807, 2.05) is 38.1 Å². The van der Waals surface area contributed by atoms with E-state index in [2.05, 4.69) is 12.2 Å². The van der Waals surface area contributed by atoms with Crippen molar-refractivity contribution in [2.24, 2.45) is 41.4 Å². The summed E-state index contributed by atoms with van der Waals surface area (Å²) in [4.78, 5) is 55.7. The largest absolute Gasteiger partial charge is 0.426 e. The number of anilines is 2. The summed E-state index contributed by atoms with van der Waals surface area (Å²) in [5.74, 6) is -0.00985. The number of allylic oxidation sites excluding steroid dienone is 2. The molecular weight excluding hydrogens is 480 g/mol. The van der Waals surface area contributed by atoms with Crippen molar-refractivity contribution in [1.29, 1.82) is 0 Å². The summed E-state index contributed by atoms with van der Waals surface area (Å²) in [6.07, 6.45) is 6.36. The molecule has 2 aromatic rings. The first-order valence-corrected chi connectivity index (χ1v) is 13.6. The number of rotatable bonds is 5. The molecule has 0 radical (unpaired) electrons. The van der Waals surface area contributed by atoms with Crippen LogP contribution in [0.3, 0.4) is 0 Å². The molecule has 0 N–H and O–H groups in total. The number of aryl methyl sites for hydroxylation is 2. The van der Waals surface area contributed by atoms with Crippen LogP contribution in [0.2, 0.25) is 0 Å². The van der Waals surface area contributed by atoms with E-state index in [0.29, 0.717) is 28.8 Å². The Bertz CT molecular complexity index is 1390. The van der Waals surface area contributed by atoms with Crippen molar-refractivity contribution in [2.45, 2.75) is 33.1 Å². The van der Waals surface area contributed by atoms with Crippen LogP contribution >= 0.6 is 0 Å². The van der Waals surface area contributed by atoms with Crippen molar-refractivity contribution in [3.63, 3.8) is 0 Å². The quantitative estimate of drug-likeness (QED) is 0.262. The van der Waals surface area contributed by atoms with Gasteiger partial charge in [0.2, 0.25) is 17.7 Å². The number of esters is 1. The first kappa shape index (κ1) is 23.4. The van der Waals surface area contributed by atoms with Crippen molar-refractivity contribution in [3.05, 3.63) is 65.7 Å². The van der Waals surface area contributed by atoms with Gasteiger partial charge in [0.05, 0.1) is 23.4 Å². The predicted molar refractivity (Wildman–Crippen MR) is 140 cm³/mol. The Morgan fingerprint density at radius 3 is 2.29 bits per heavy atom. The zero-order valence-corrected chi connectivity index (χ0v) is 21.5. The molecule has 2 aliphatic heterocycles.